The topological polar surface area (TPSA) is 60.3 Å². The molecule has 0 aliphatic rings. The van der Waals surface area contributed by atoms with Crippen LogP contribution in [0.5, 0.6) is 11.5 Å². The Morgan fingerprint density at radius 2 is 1.13 bits per heavy atom. The van der Waals surface area contributed by atoms with Crippen molar-refractivity contribution in [1.82, 2.24) is 0 Å². The summed E-state index contributed by atoms with van der Waals surface area (Å²) in [6.07, 6.45) is 0. The lowest BCUT2D eigenvalue weighted by atomic mass is 10.0. The number of azo groups is 1. The Morgan fingerprint density at radius 3 is 1.68 bits per heavy atom. The molecule has 5 nitrogen and oxygen atoms in total. The Hall–Kier alpha value is -4.25. The molecule has 31 heavy (non-hydrogen) atoms. The molecule has 4 aromatic rings. The Kier molecular flexibility index (Phi) is 6.14. The molecule has 152 valence electrons. The molecule has 0 unspecified atom stereocenters. The summed E-state index contributed by atoms with van der Waals surface area (Å²) in [5.74, 6) is 0.799. The molecule has 0 saturated carbocycles. The van der Waals surface area contributed by atoms with E-state index in [4.69, 9.17) is 9.47 Å². The zero-order valence-corrected chi connectivity index (χ0v) is 16.9. The summed E-state index contributed by atoms with van der Waals surface area (Å²) in [7, 11) is 1.62. The molecule has 0 amide bonds. The standard InChI is InChI=1S/C26H20N2O3/c1-30-24-15-11-22(12-16-24)27-28-23-13-17-25(18-14-23)31-26(29)21-9-7-20(8-10-21)19-5-3-2-4-6-19/h2-18H,1H3. The highest BCUT2D eigenvalue weighted by Gasteiger charge is 2.09. The number of carbonyl (C=O) groups excluding carboxylic acids is 1. The predicted octanol–water partition coefficient (Wildman–Crippen LogP) is 7.00. The van der Waals surface area contributed by atoms with Gasteiger partial charge in [-0.3, -0.25) is 0 Å². The van der Waals surface area contributed by atoms with Gasteiger partial charge in [0.25, 0.3) is 0 Å². The van der Waals surface area contributed by atoms with E-state index < -0.39 is 5.97 Å². The largest absolute Gasteiger partial charge is 0.497 e. The van der Waals surface area contributed by atoms with Crippen molar-refractivity contribution < 1.29 is 14.3 Å². The van der Waals surface area contributed by atoms with Gasteiger partial charge in [-0.05, 0) is 71.8 Å². The molecule has 0 atom stereocenters. The maximum Gasteiger partial charge on any atom is 0.343 e. The monoisotopic (exact) mass is 408 g/mol. The van der Waals surface area contributed by atoms with Gasteiger partial charge in [0.2, 0.25) is 0 Å². The SMILES string of the molecule is COc1ccc(N=Nc2ccc(OC(=O)c3ccc(-c4ccccc4)cc3)cc2)cc1. The molecule has 4 rings (SSSR count). The first-order valence-corrected chi connectivity index (χ1v) is 9.75. The molecule has 5 heteroatoms. The molecule has 0 spiro atoms. The summed E-state index contributed by atoms with van der Waals surface area (Å²) in [5, 5.41) is 8.38. The average Bonchev–Trinajstić information content (AvgIpc) is 2.84. The van der Waals surface area contributed by atoms with Crippen LogP contribution in [0.3, 0.4) is 0 Å². The summed E-state index contributed by atoms with van der Waals surface area (Å²) >= 11 is 0. The van der Waals surface area contributed by atoms with Crippen molar-refractivity contribution in [3.63, 3.8) is 0 Å². The van der Waals surface area contributed by atoms with E-state index in [1.807, 2.05) is 66.7 Å². The minimum atomic E-state index is -0.410. The van der Waals surface area contributed by atoms with Crippen LogP contribution in [0.15, 0.2) is 113 Å². The minimum absolute atomic E-state index is 0.410. The third-order valence-electron chi connectivity index (χ3n) is 4.63. The van der Waals surface area contributed by atoms with Crippen LogP contribution in [0.2, 0.25) is 0 Å². The summed E-state index contributed by atoms with van der Waals surface area (Å²) in [4.78, 5) is 12.4. The van der Waals surface area contributed by atoms with Crippen LogP contribution in [-0.4, -0.2) is 13.1 Å². The lowest BCUT2D eigenvalue weighted by Crippen LogP contribution is -2.08. The molecule has 0 bridgehead atoms. The lowest BCUT2D eigenvalue weighted by Gasteiger charge is -2.06. The van der Waals surface area contributed by atoms with Crippen molar-refractivity contribution in [1.29, 1.82) is 0 Å². The molecule has 0 radical (unpaired) electrons. The summed E-state index contributed by atoms with van der Waals surface area (Å²) < 4.78 is 10.6. The van der Waals surface area contributed by atoms with E-state index in [0.29, 0.717) is 17.0 Å². The maximum atomic E-state index is 12.4. The van der Waals surface area contributed by atoms with E-state index in [9.17, 15) is 4.79 Å². The van der Waals surface area contributed by atoms with Crippen molar-refractivity contribution in [3.05, 3.63) is 109 Å². The van der Waals surface area contributed by atoms with Crippen LogP contribution >= 0.6 is 0 Å². The molecule has 0 N–H and O–H groups in total. The molecule has 4 aromatic carbocycles. The average molecular weight is 408 g/mol. The number of esters is 1. The first-order chi connectivity index (χ1) is 15.2. The zero-order valence-electron chi connectivity index (χ0n) is 16.9. The maximum absolute atomic E-state index is 12.4. The van der Waals surface area contributed by atoms with Crippen molar-refractivity contribution in [2.45, 2.75) is 0 Å². The quantitative estimate of drug-likeness (QED) is 0.196. The molecule has 0 aromatic heterocycles. The molecular weight excluding hydrogens is 388 g/mol. The van der Waals surface area contributed by atoms with E-state index in [1.165, 1.54) is 0 Å². The van der Waals surface area contributed by atoms with E-state index in [1.54, 1.807) is 43.5 Å². The van der Waals surface area contributed by atoms with Gasteiger partial charge < -0.3 is 9.47 Å². The van der Waals surface area contributed by atoms with Crippen LogP contribution in [0.1, 0.15) is 10.4 Å². The van der Waals surface area contributed by atoms with Gasteiger partial charge in [-0.2, -0.15) is 10.2 Å². The van der Waals surface area contributed by atoms with E-state index in [-0.39, 0.29) is 0 Å². The normalized spacial score (nSPS) is 10.7. The number of hydrogen-bond acceptors (Lipinski definition) is 5. The number of rotatable bonds is 6. The summed E-state index contributed by atoms with van der Waals surface area (Å²) in [5.41, 5.74) is 4.01. The minimum Gasteiger partial charge on any atom is -0.497 e. The Labute approximate surface area is 180 Å². The van der Waals surface area contributed by atoms with Crippen molar-refractivity contribution in [3.8, 4) is 22.6 Å². The lowest BCUT2D eigenvalue weighted by molar-refractivity contribution is 0.0735. The fourth-order valence-electron chi connectivity index (χ4n) is 2.94. The van der Waals surface area contributed by atoms with Crippen molar-refractivity contribution in [2.75, 3.05) is 7.11 Å². The molecule has 0 aliphatic carbocycles. The third kappa shape index (κ3) is 5.22. The summed E-state index contributed by atoms with van der Waals surface area (Å²) in [6.45, 7) is 0. The van der Waals surface area contributed by atoms with Crippen LogP contribution in [0.4, 0.5) is 11.4 Å². The number of carbonyl (C=O) groups is 1. The second kappa shape index (κ2) is 9.50. The number of hydrogen-bond donors (Lipinski definition) is 0. The zero-order chi connectivity index (χ0) is 21.5. The Balaban J connectivity index is 1.38. The van der Waals surface area contributed by atoms with E-state index >= 15 is 0 Å². The van der Waals surface area contributed by atoms with Crippen molar-refractivity contribution in [2.24, 2.45) is 10.2 Å². The van der Waals surface area contributed by atoms with Crippen LogP contribution in [0.25, 0.3) is 11.1 Å². The molecule has 0 heterocycles. The van der Waals surface area contributed by atoms with Gasteiger partial charge in [0.05, 0.1) is 24.0 Å². The highest BCUT2D eigenvalue weighted by molar-refractivity contribution is 5.91. The highest BCUT2D eigenvalue weighted by atomic mass is 16.5. The first-order valence-electron chi connectivity index (χ1n) is 9.75. The Bertz CT molecular complexity index is 1170. The predicted molar refractivity (Wildman–Crippen MR) is 120 cm³/mol. The van der Waals surface area contributed by atoms with Gasteiger partial charge in [-0.25, -0.2) is 4.79 Å². The molecule has 0 saturated heterocycles. The first kappa shape index (κ1) is 20.0. The third-order valence-corrected chi connectivity index (χ3v) is 4.63. The second-order valence-electron chi connectivity index (χ2n) is 6.72. The van der Waals surface area contributed by atoms with Crippen LogP contribution < -0.4 is 9.47 Å². The van der Waals surface area contributed by atoms with E-state index in [2.05, 4.69) is 10.2 Å². The fraction of sp³-hybridized carbons (Fsp3) is 0.0385. The van der Waals surface area contributed by atoms with Gasteiger partial charge in [-0.1, -0.05) is 42.5 Å². The molecule has 0 aliphatic heterocycles. The molecular formula is C26H20N2O3. The number of ether oxygens (including phenoxy) is 2. The van der Waals surface area contributed by atoms with Crippen LogP contribution in [-0.2, 0) is 0 Å². The van der Waals surface area contributed by atoms with Gasteiger partial charge in [0, 0.05) is 0 Å². The fourth-order valence-corrected chi connectivity index (χ4v) is 2.94. The Morgan fingerprint density at radius 1 is 0.613 bits per heavy atom. The van der Waals surface area contributed by atoms with Crippen LogP contribution in [0, 0.1) is 0 Å². The number of nitrogens with zero attached hydrogens (tertiary/aromatic N) is 2. The van der Waals surface area contributed by atoms with E-state index in [0.717, 1.165) is 22.6 Å². The highest BCUT2D eigenvalue weighted by Crippen LogP contribution is 2.24. The molecule has 0 fully saturated rings. The van der Waals surface area contributed by atoms with Gasteiger partial charge in [-0.15, -0.1) is 0 Å². The summed E-state index contributed by atoms with van der Waals surface area (Å²) in [6, 6.07) is 31.5. The van der Waals surface area contributed by atoms with Gasteiger partial charge in [0.15, 0.2) is 0 Å². The van der Waals surface area contributed by atoms with Crippen molar-refractivity contribution >= 4 is 17.3 Å². The second-order valence-corrected chi connectivity index (χ2v) is 6.72. The van der Waals surface area contributed by atoms with Gasteiger partial charge >= 0.3 is 5.97 Å². The number of methoxy groups -OCH3 is 1. The number of benzene rings is 4. The van der Waals surface area contributed by atoms with Gasteiger partial charge in [0.1, 0.15) is 11.5 Å². The smallest absolute Gasteiger partial charge is 0.343 e.